The number of methoxy groups -OCH3 is 1. The van der Waals surface area contributed by atoms with Crippen LogP contribution in [0, 0.1) is 0 Å². The summed E-state index contributed by atoms with van der Waals surface area (Å²) in [6.45, 7) is 0.231. The number of nitrogens with two attached hydrogens (primary N) is 1. The molecule has 2 rings (SSSR count). The van der Waals surface area contributed by atoms with E-state index in [-0.39, 0.29) is 13.0 Å². The molecule has 2 N–H and O–H groups in total. The molecule has 7 heteroatoms. The third-order valence-electron chi connectivity index (χ3n) is 2.91. The summed E-state index contributed by atoms with van der Waals surface area (Å²) in [6, 6.07) is 8.13. The van der Waals surface area contributed by atoms with Crippen LogP contribution >= 0.6 is 27.5 Å². The predicted octanol–water partition coefficient (Wildman–Crippen LogP) is 3.32. The minimum absolute atomic E-state index is 0.231. The zero-order chi connectivity index (χ0) is 16.1. The Kier molecular flexibility index (Phi) is 5.88. The van der Waals surface area contributed by atoms with Crippen LogP contribution in [0.2, 0.25) is 5.02 Å². The summed E-state index contributed by atoms with van der Waals surface area (Å²) in [7, 11) is 1.30. The molecule has 22 heavy (non-hydrogen) atoms. The Morgan fingerprint density at radius 2 is 2.09 bits per heavy atom. The molecule has 0 aliphatic rings. The van der Waals surface area contributed by atoms with Gasteiger partial charge in [0.2, 0.25) is 0 Å². The number of furan rings is 1. The fourth-order valence-electron chi connectivity index (χ4n) is 1.80. The number of benzene rings is 1. The Bertz CT molecular complexity index is 659. The molecule has 1 aromatic carbocycles. The lowest BCUT2D eigenvalue weighted by atomic mass is 10.2. The van der Waals surface area contributed by atoms with Gasteiger partial charge in [-0.1, -0.05) is 27.5 Å². The van der Waals surface area contributed by atoms with Gasteiger partial charge in [-0.3, -0.25) is 4.79 Å². The Labute approximate surface area is 141 Å². The molecule has 0 saturated heterocycles. The van der Waals surface area contributed by atoms with Gasteiger partial charge < -0.3 is 19.6 Å². The smallest absolute Gasteiger partial charge is 0.323 e. The van der Waals surface area contributed by atoms with Crippen molar-refractivity contribution in [3.8, 4) is 5.75 Å². The van der Waals surface area contributed by atoms with E-state index in [0.29, 0.717) is 22.3 Å². The molecular formula is C15H15BrClNO4. The highest BCUT2D eigenvalue weighted by molar-refractivity contribution is 9.10. The van der Waals surface area contributed by atoms with E-state index in [1.807, 2.05) is 6.07 Å². The van der Waals surface area contributed by atoms with Gasteiger partial charge in [0.25, 0.3) is 0 Å². The van der Waals surface area contributed by atoms with E-state index in [0.717, 1.165) is 4.47 Å². The van der Waals surface area contributed by atoms with Crippen molar-refractivity contribution in [1.82, 2.24) is 0 Å². The molecule has 0 fully saturated rings. The largest absolute Gasteiger partial charge is 0.484 e. The van der Waals surface area contributed by atoms with E-state index in [1.165, 1.54) is 7.11 Å². The summed E-state index contributed by atoms with van der Waals surface area (Å²) in [4.78, 5) is 11.3. The second kappa shape index (κ2) is 7.67. The summed E-state index contributed by atoms with van der Waals surface area (Å²) < 4.78 is 16.6. The number of halogens is 2. The maximum Gasteiger partial charge on any atom is 0.323 e. The summed E-state index contributed by atoms with van der Waals surface area (Å²) in [5.74, 6) is 1.30. The molecule has 0 aliphatic carbocycles. The van der Waals surface area contributed by atoms with E-state index in [1.54, 1.807) is 24.3 Å². The Hall–Kier alpha value is -1.50. The average molecular weight is 389 g/mol. The van der Waals surface area contributed by atoms with Gasteiger partial charge in [-0.25, -0.2) is 0 Å². The summed E-state index contributed by atoms with van der Waals surface area (Å²) in [5, 5.41) is 0.508. The van der Waals surface area contributed by atoms with Crippen LogP contribution in [0.4, 0.5) is 0 Å². The number of rotatable bonds is 6. The molecule has 1 heterocycles. The van der Waals surface area contributed by atoms with Gasteiger partial charge in [-0.15, -0.1) is 0 Å². The van der Waals surface area contributed by atoms with Crippen LogP contribution in [-0.4, -0.2) is 19.1 Å². The maximum absolute atomic E-state index is 11.3. The lowest BCUT2D eigenvalue weighted by Crippen LogP contribution is -2.33. The standard InChI is InChI=1S/C15H15BrClNO4/c1-20-15(19)13(18)7-10-3-4-11(22-10)8-21-14-5-2-9(16)6-12(14)17/h2-6,13H,7-8,18H2,1H3. The lowest BCUT2D eigenvalue weighted by molar-refractivity contribution is -0.142. The fourth-order valence-corrected chi connectivity index (χ4v) is 2.53. The first-order valence-corrected chi connectivity index (χ1v) is 7.65. The van der Waals surface area contributed by atoms with Crippen LogP contribution in [0.1, 0.15) is 11.5 Å². The van der Waals surface area contributed by atoms with Crippen LogP contribution in [-0.2, 0) is 22.6 Å². The monoisotopic (exact) mass is 387 g/mol. The normalized spacial score (nSPS) is 12.0. The van der Waals surface area contributed by atoms with Gasteiger partial charge in [0, 0.05) is 10.9 Å². The molecule has 2 aromatic rings. The summed E-state index contributed by atoms with van der Waals surface area (Å²) in [5.41, 5.74) is 5.68. The van der Waals surface area contributed by atoms with Crippen molar-refractivity contribution in [1.29, 1.82) is 0 Å². The van der Waals surface area contributed by atoms with E-state index in [4.69, 9.17) is 26.5 Å². The Balaban J connectivity index is 1.93. The van der Waals surface area contributed by atoms with Crippen LogP contribution in [0.15, 0.2) is 39.2 Å². The fraction of sp³-hybridized carbons (Fsp3) is 0.267. The van der Waals surface area contributed by atoms with Crippen molar-refractivity contribution in [3.05, 3.63) is 51.3 Å². The van der Waals surface area contributed by atoms with E-state index in [2.05, 4.69) is 20.7 Å². The van der Waals surface area contributed by atoms with Gasteiger partial charge in [0.1, 0.15) is 29.9 Å². The molecule has 1 aromatic heterocycles. The third-order valence-corrected chi connectivity index (χ3v) is 3.69. The van der Waals surface area contributed by atoms with Crippen LogP contribution in [0.3, 0.4) is 0 Å². The van der Waals surface area contributed by atoms with Crippen LogP contribution in [0.25, 0.3) is 0 Å². The highest BCUT2D eigenvalue weighted by Crippen LogP contribution is 2.28. The molecule has 0 aliphatic heterocycles. The van der Waals surface area contributed by atoms with Gasteiger partial charge in [-0.2, -0.15) is 0 Å². The minimum Gasteiger partial charge on any atom is -0.484 e. The topological polar surface area (TPSA) is 74.7 Å². The molecule has 0 radical (unpaired) electrons. The summed E-state index contributed by atoms with van der Waals surface area (Å²) >= 11 is 9.40. The molecule has 0 spiro atoms. The first-order chi connectivity index (χ1) is 10.5. The highest BCUT2D eigenvalue weighted by atomic mass is 79.9. The number of hydrogen-bond donors (Lipinski definition) is 1. The minimum atomic E-state index is -0.745. The molecule has 0 amide bonds. The third kappa shape index (κ3) is 4.50. The number of hydrogen-bond acceptors (Lipinski definition) is 5. The SMILES string of the molecule is COC(=O)C(N)Cc1ccc(COc2ccc(Br)cc2Cl)o1. The Morgan fingerprint density at radius 3 is 2.77 bits per heavy atom. The molecule has 0 saturated carbocycles. The van der Waals surface area contributed by atoms with Crippen molar-refractivity contribution in [2.45, 2.75) is 19.1 Å². The molecule has 1 unspecified atom stereocenters. The number of esters is 1. The second-order valence-electron chi connectivity index (χ2n) is 4.57. The first kappa shape index (κ1) is 16.9. The van der Waals surface area contributed by atoms with Gasteiger partial charge in [-0.05, 0) is 30.3 Å². The van der Waals surface area contributed by atoms with Crippen molar-refractivity contribution in [2.24, 2.45) is 5.73 Å². The van der Waals surface area contributed by atoms with Crippen LogP contribution in [0.5, 0.6) is 5.75 Å². The van der Waals surface area contributed by atoms with Gasteiger partial charge in [0.05, 0.1) is 12.1 Å². The second-order valence-corrected chi connectivity index (χ2v) is 5.89. The quantitative estimate of drug-likeness (QED) is 0.768. The molecular weight excluding hydrogens is 374 g/mol. The zero-order valence-corrected chi connectivity index (χ0v) is 14.2. The van der Waals surface area contributed by atoms with Gasteiger partial charge >= 0.3 is 5.97 Å². The molecule has 1 atom stereocenters. The van der Waals surface area contributed by atoms with E-state index >= 15 is 0 Å². The zero-order valence-electron chi connectivity index (χ0n) is 11.8. The summed E-state index contributed by atoms with van der Waals surface area (Å²) in [6.07, 6.45) is 0.270. The van der Waals surface area contributed by atoms with Crippen LogP contribution < -0.4 is 10.5 Å². The van der Waals surface area contributed by atoms with E-state index in [9.17, 15) is 4.79 Å². The number of carbonyl (C=O) groups is 1. The van der Waals surface area contributed by atoms with Crippen molar-refractivity contribution >= 4 is 33.5 Å². The maximum atomic E-state index is 11.3. The molecule has 0 bridgehead atoms. The predicted molar refractivity (Wildman–Crippen MR) is 85.9 cm³/mol. The number of ether oxygens (including phenoxy) is 2. The van der Waals surface area contributed by atoms with Crippen molar-refractivity contribution in [2.75, 3.05) is 7.11 Å². The van der Waals surface area contributed by atoms with Crippen molar-refractivity contribution in [3.63, 3.8) is 0 Å². The number of carbonyl (C=O) groups excluding carboxylic acids is 1. The lowest BCUT2D eigenvalue weighted by Gasteiger charge is -2.07. The average Bonchev–Trinajstić information content (AvgIpc) is 2.93. The molecule has 5 nitrogen and oxygen atoms in total. The first-order valence-electron chi connectivity index (χ1n) is 6.48. The van der Waals surface area contributed by atoms with Gasteiger partial charge in [0.15, 0.2) is 0 Å². The molecule has 118 valence electrons. The van der Waals surface area contributed by atoms with E-state index < -0.39 is 12.0 Å². The Morgan fingerprint density at radius 1 is 1.36 bits per heavy atom. The highest BCUT2D eigenvalue weighted by Gasteiger charge is 2.16. The van der Waals surface area contributed by atoms with Crippen molar-refractivity contribution < 1.29 is 18.7 Å².